The number of piperazine rings is 1. The number of benzene rings is 1. The summed E-state index contributed by atoms with van der Waals surface area (Å²) in [5, 5.41) is 11.5. The standard InChI is InChI=1S/C17H23ClN2O4/c1-11-12(15(21)22)5-6-13(14(11)18)19-7-9-20(10-8-19)16(23)24-17(2,3)4/h5-6H,7-10H2,1-4H3,(H,21,22)/p-1. The van der Waals surface area contributed by atoms with Gasteiger partial charge in [-0.3, -0.25) is 0 Å². The van der Waals surface area contributed by atoms with Crippen LogP contribution < -0.4 is 10.0 Å². The summed E-state index contributed by atoms with van der Waals surface area (Å²) in [5.41, 5.74) is 0.831. The molecule has 1 heterocycles. The Morgan fingerprint density at radius 1 is 1.17 bits per heavy atom. The van der Waals surface area contributed by atoms with Gasteiger partial charge in [0.1, 0.15) is 5.60 Å². The minimum Gasteiger partial charge on any atom is -0.545 e. The van der Waals surface area contributed by atoms with Gasteiger partial charge >= 0.3 is 6.09 Å². The van der Waals surface area contributed by atoms with E-state index in [9.17, 15) is 14.7 Å². The summed E-state index contributed by atoms with van der Waals surface area (Å²) in [5.74, 6) is -1.24. The molecule has 0 radical (unpaired) electrons. The van der Waals surface area contributed by atoms with Crippen LogP contribution in [-0.2, 0) is 4.74 Å². The van der Waals surface area contributed by atoms with E-state index in [1.807, 2.05) is 25.7 Å². The molecule has 1 fully saturated rings. The highest BCUT2D eigenvalue weighted by molar-refractivity contribution is 6.34. The molecule has 24 heavy (non-hydrogen) atoms. The van der Waals surface area contributed by atoms with Crippen LogP contribution in [0.4, 0.5) is 10.5 Å². The van der Waals surface area contributed by atoms with Gasteiger partial charge in [-0.15, -0.1) is 0 Å². The Labute approximate surface area is 146 Å². The molecule has 1 aliphatic heterocycles. The van der Waals surface area contributed by atoms with E-state index in [4.69, 9.17) is 16.3 Å². The van der Waals surface area contributed by atoms with Crippen molar-refractivity contribution >= 4 is 29.4 Å². The fourth-order valence-electron chi connectivity index (χ4n) is 2.59. The maximum atomic E-state index is 12.1. The van der Waals surface area contributed by atoms with E-state index in [0.29, 0.717) is 36.8 Å². The van der Waals surface area contributed by atoms with E-state index in [-0.39, 0.29) is 11.7 Å². The minimum atomic E-state index is -1.24. The Morgan fingerprint density at radius 3 is 2.25 bits per heavy atom. The first-order valence-electron chi connectivity index (χ1n) is 7.83. The summed E-state index contributed by atoms with van der Waals surface area (Å²) >= 11 is 6.32. The van der Waals surface area contributed by atoms with Crippen molar-refractivity contribution in [1.29, 1.82) is 0 Å². The molecule has 0 aliphatic carbocycles. The number of carboxylic acid groups (broad SMARTS) is 1. The van der Waals surface area contributed by atoms with Crippen LogP contribution in [0.15, 0.2) is 12.1 Å². The second kappa shape index (κ2) is 6.89. The first-order valence-corrected chi connectivity index (χ1v) is 8.21. The van der Waals surface area contributed by atoms with Gasteiger partial charge in [0, 0.05) is 31.7 Å². The van der Waals surface area contributed by atoms with Gasteiger partial charge in [-0.25, -0.2) is 4.79 Å². The van der Waals surface area contributed by atoms with Gasteiger partial charge in [0.25, 0.3) is 0 Å². The molecule has 0 saturated carbocycles. The lowest BCUT2D eigenvalue weighted by molar-refractivity contribution is -0.255. The molecular formula is C17H22ClN2O4-. The highest BCUT2D eigenvalue weighted by Crippen LogP contribution is 2.31. The van der Waals surface area contributed by atoms with Gasteiger partial charge < -0.3 is 24.4 Å². The number of halogens is 1. The van der Waals surface area contributed by atoms with Crippen molar-refractivity contribution < 1.29 is 19.4 Å². The molecule has 0 spiro atoms. The van der Waals surface area contributed by atoms with Crippen molar-refractivity contribution in [3.63, 3.8) is 0 Å². The van der Waals surface area contributed by atoms with Crippen molar-refractivity contribution in [2.24, 2.45) is 0 Å². The summed E-state index contributed by atoms with van der Waals surface area (Å²) in [7, 11) is 0. The van der Waals surface area contributed by atoms with Gasteiger partial charge in [0.15, 0.2) is 0 Å². The third-order valence-corrected chi connectivity index (χ3v) is 4.34. The van der Waals surface area contributed by atoms with Gasteiger partial charge in [-0.2, -0.15) is 0 Å². The molecule has 1 aromatic carbocycles. The lowest BCUT2D eigenvalue weighted by atomic mass is 10.1. The zero-order valence-electron chi connectivity index (χ0n) is 14.4. The van der Waals surface area contributed by atoms with E-state index in [1.165, 1.54) is 6.07 Å². The minimum absolute atomic E-state index is 0.0936. The predicted octanol–water partition coefficient (Wildman–Crippen LogP) is 2.07. The van der Waals surface area contributed by atoms with Crippen LogP contribution in [0.1, 0.15) is 36.7 Å². The molecule has 1 aliphatic rings. The normalized spacial score (nSPS) is 15.4. The molecule has 6 nitrogen and oxygen atoms in total. The molecule has 0 aromatic heterocycles. The summed E-state index contributed by atoms with van der Waals surface area (Å²) < 4.78 is 5.37. The van der Waals surface area contributed by atoms with Crippen LogP contribution in [-0.4, -0.2) is 48.7 Å². The van der Waals surface area contributed by atoms with E-state index in [0.717, 1.165) is 5.69 Å². The number of carboxylic acids is 1. The number of hydrogen-bond acceptors (Lipinski definition) is 5. The SMILES string of the molecule is Cc1c(C(=O)[O-])ccc(N2CCN(C(=O)OC(C)(C)C)CC2)c1Cl. The smallest absolute Gasteiger partial charge is 0.410 e. The monoisotopic (exact) mass is 353 g/mol. The zero-order chi connectivity index (χ0) is 18.1. The van der Waals surface area contributed by atoms with Crippen molar-refractivity contribution in [1.82, 2.24) is 4.90 Å². The van der Waals surface area contributed by atoms with Crippen LogP contribution in [0.3, 0.4) is 0 Å². The molecule has 1 aromatic rings. The van der Waals surface area contributed by atoms with Crippen LogP contribution in [0.5, 0.6) is 0 Å². The molecular weight excluding hydrogens is 332 g/mol. The van der Waals surface area contributed by atoms with E-state index in [1.54, 1.807) is 17.9 Å². The zero-order valence-corrected chi connectivity index (χ0v) is 15.1. The Kier molecular flexibility index (Phi) is 5.28. The maximum absolute atomic E-state index is 12.1. The Morgan fingerprint density at radius 2 is 1.75 bits per heavy atom. The Hall–Kier alpha value is -1.95. The number of hydrogen-bond donors (Lipinski definition) is 0. The fraction of sp³-hybridized carbons (Fsp3) is 0.529. The predicted molar refractivity (Wildman–Crippen MR) is 90.5 cm³/mol. The lowest BCUT2D eigenvalue weighted by Crippen LogP contribution is -2.50. The highest BCUT2D eigenvalue weighted by atomic mass is 35.5. The Balaban J connectivity index is 2.06. The Bertz CT molecular complexity index is 647. The average molecular weight is 354 g/mol. The molecule has 0 bridgehead atoms. The largest absolute Gasteiger partial charge is 0.545 e. The summed E-state index contributed by atoms with van der Waals surface area (Å²) in [6, 6.07) is 3.19. The summed E-state index contributed by atoms with van der Waals surface area (Å²) in [6.45, 7) is 9.41. The second-order valence-electron chi connectivity index (χ2n) is 6.81. The number of rotatable bonds is 2. The third-order valence-electron chi connectivity index (χ3n) is 3.86. The third kappa shape index (κ3) is 4.12. The quantitative estimate of drug-likeness (QED) is 0.813. The maximum Gasteiger partial charge on any atom is 0.410 e. The van der Waals surface area contributed by atoms with Gasteiger partial charge in [0.2, 0.25) is 0 Å². The topological polar surface area (TPSA) is 72.9 Å². The highest BCUT2D eigenvalue weighted by Gasteiger charge is 2.27. The van der Waals surface area contributed by atoms with Gasteiger partial charge in [0.05, 0.1) is 16.7 Å². The molecule has 2 rings (SSSR count). The van der Waals surface area contributed by atoms with Crippen molar-refractivity contribution in [2.75, 3.05) is 31.1 Å². The molecule has 7 heteroatoms. The summed E-state index contributed by atoms with van der Waals surface area (Å²) in [4.78, 5) is 26.8. The molecule has 0 N–H and O–H groups in total. The number of amides is 1. The first kappa shape index (κ1) is 18.4. The first-order chi connectivity index (χ1) is 11.1. The molecule has 0 atom stereocenters. The number of carbonyl (C=O) groups is 2. The van der Waals surface area contributed by atoms with Crippen LogP contribution >= 0.6 is 11.6 Å². The lowest BCUT2D eigenvalue weighted by Gasteiger charge is -2.37. The van der Waals surface area contributed by atoms with Gasteiger partial charge in [-0.05, 0) is 39.3 Å². The number of nitrogens with zero attached hydrogens (tertiary/aromatic N) is 2. The van der Waals surface area contributed by atoms with E-state index in [2.05, 4.69) is 0 Å². The fourth-order valence-corrected chi connectivity index (χ4v) is 2.88. The van der Waals surface area contributed by atoms with Crippen LogP contribution in [0, 0.1) is 6.92 Å². The van der Waals surface area contributed by atoms with Crippen molar-refractivity contribution in [2.45, 2.75) is 33.3 Å². The molecule has 0 unspecified atom stereocenters. The molecule has 1 amide bonds. The summed E-state index contributed by atoms with van der Waals surface area (Å²) in [6.07, 6.45) is -0.322. The van der Waals surface area contributed by atoms with Crippen LogP contribution in [0.25, 0.3) is 0 Å². The number of aromatic carboxylic acids is 1. The second-order valence-corrected chi connectivity index (χ2v) is 7.19. The average Bonchev–Trinajstić information content (AvgIpc) is 2.48. The number of anilines is 1. The van der Waals surface area contributed by atoms with E-state index >= 15 is 0 Å². The number of carbonyl (C=O) groups excluding carboxylic acids is 2. The number of ether oxygens (including phenoxy) is 1. The van der Waals surface area contributed by atoms with Crippen LogP contribution in [0.2, 0.25) is 5.02 Å². The molecule has 1 saturated heterocycles. The van der Waals surface area contributed by atoms with Crippen molar-refractivity contribution in [3.05, 3.63) is 28.3 Å². The molecule has 132 valence electrons. The van der Waals surface area contributed by atoms with Gasteiger partial charge in [-0.1, -0.05) is 17.7 Å². The van der Waals surface area contributed by atoms with E-state index < -0.39 is 11.6 Å². The van der Waals surface area contributed by atoms with Crippen molar-refractivity contribution in [3.8, 4) is 0 Å².